The molecule has 0 spiro atoms. The van der Waals surface area contributed by atoms with Gasteiger partial charge >= 0.3 is 5.97 Å². The van der Waals surface area contributed by atoms with Crippen molar-refractivity contribution < 1.29 is 22.4 Å². The van der Waals surface area contributed by atoms with Crippen molar-refractivity contribution in [2.75, 3.05) is 13.4 Å². The lowest BCUT2D eigenvalue weighted by molar-refractivity contribution is 0.0563. The van der Waals surface area contributed by atoms with Crippen molar-refractivity contribution in [3.8, 4) is 0 Å². The first-order chi connectivity index (χ1) is 10.9. The standard InChI is InChI=1S/C15H14N2O5S/c1-21-14(18)13-10(7-8-22-13)9-17-12-6-4-3-5-11(12)16-15(17)23(2,19)20/h3-8H,9H2,1-2H3. The molecule has 0 aliphatic rings. The van der Waals surface area contributed by atoms with Crippen LogP contribution in [0.1, 0.15) is 16.1 Å². The van der Waals surface area contributed by atoms with Gasteiger partial charge < -0.3 is 13.7 Å². The molecule has 0 atom stereocenters. The van der Waals surface area contributed by atoms with Crippen LogP contribution in [0, 0.1) is 0 Å². The molecule has 0 saturated carbocycles. The van der Waals surface area contributed by atoms with Crippen LogP contribution in [-0.4, -0.2) is 37.3 Å². The number of carbonyl (C=O) groups excluding carboxylic acids is 1. The fraction of sp³-hybridized carbons (Fsp3) is 0.200. The van der Waals surface area contributed by atoms with Crippen LogP contribution in [0.3, 0.4) is 0 Å². The maximum Gasteiger partial charge on any atom is 0.374 e. The molecule has 8 heteroatoms. The van der Waals surface area contributed by atoms with Crippen molar-refractivity contribution in [3.63, 3.8) is 0 Å². The number of benzene rings is 1. The SMILES string of the molecule is COC(=O)c1occc1Cn1c(S(C)(=O)=O)nc2ccccc21. The number of fused-ring (bicyclic) bond motifs is 1. The number of ether oxygens (including phenoxy) is 1. The number of esters is 1. The van der Waals surface area contributed by atoms with E-state index in [0.29, 0.717) is 16.6 Å². The van der Waals surface area contributed by atoms with Gasteiger partial charge in [0, 0.05) is 11.8 Å². The molecule has 0 fully saturated rings. The zero-order chi connectivity index (χ0) is 16.6. The predicted molar refractivity (Wildman–Crippen MR) is 82.0 cm³/mol. The topological polar surface area (TPSA) is 91.4 Å². The van der Waals surface area contributed by atoms with E-state index < -0.39 is 15.8 Å². The Morgan fingerprint density at radius 1 is 1.30 bits per heavy atom. The van der Waals surface area contributed by atoms with Gasteiger partial charge in [0.15, 0.2) is 0 Å². The number of imidazole rings is 1. The number of carbonyl (C=O) groups is 1. The van der Waals surface area contributed by atoms with E-state index in [9.17, 15) is 13.2 Å². The molecule has 2 heterocycles. The molecule has 2 aromatic heterocycles. The summed E-state index contributed by atoms with van der Waals surface area (Å²) in [4.78, 5) is 15.9. The number of hydrogen-bond donors (Lipinski definition) is 0. The van der Waals surface area contributed by atoms with Crippen molar-refractivity contribution in [1.29, 1.82) is 0 Å². The first-order valence-corrected chi connectivity index (χ1v) is 8.61. The predicted octanol–water partition coefficient (Wildman–Crippen LogP) is 1.87. The summed E-state index contributed by atoms with van der Waals surface area (Å²) in [7, 11) is -2.28. The lowest BCUT2D eigenvalue weighted by atomic mass is 10.2. The van der Waals surface area contributed by atoms with Gasteiger partial charge in [0.25, 0.3) is 0 Å². The summed E-state index contributed by atoms with van der Waals surface area (Å²) >= 11 is 0. The Hall–Kier alpha value is -2.61. The Morgan fingerprint density at radius 2 is 2.04 bits per heavy atom. The number of hydrogen-bond acceptors (Lipinski definition) is 6. The molecule has 0 aliphatic carbocycles. The van der Waals surface area contributed by atoms with Gasteiger partial charge in [0.05, 0.1) is 31.0 Å². The lowest BCUT2D eigenvalue weighted by Gasteiger charge is -2.07. The zero-order valence-corrected chi connectivity index (χ0v) is 13.3. The number of aromatic nitrogens is 2. The highest BCUT2D eigenvalue weighted by atomic mass is 32.2. The average molecular weight is 334 g/mol. The van der Waals surface area contributed by atoms with Crippen molar-refractivity contribution in [2.45, 2.75) is 11.7 Å². The van der Waals surface area contributed by atoms with E-state index >= 15 is 0 Å². The van der Waals surface area contributed by atoms with E-state index in [1.165, 1.54) is 13.4 Å². The number of para-hydroxylation sites is 2. The highest BCUT2D eigenvalue weighted by Gasteiger charge is 2.22. The van der Waals surface area contributed by atoms with E-state index in [1.54, 1.807) is 34.9 Å². The Labute approximate surface area is 132 Å². The van der Waals surface area contributed by atoms with Gasteiger partial charge in [-0.15, -0.1) is 0 Å². The van der Waals surface area contributed by atoms with Crippen molar-refractivity contribution in [2.24, 2.45) is 0 Å². The van der Waals surface area contributed by atoms with Gasteiger partial charge in [0.1, 0.15) is 0 Å². The molecule has 0 saturated heterocycles. The molecule has 0 unspecified atom stereocenters. The van der Waals surface area contributed by atoms with Crippen LogP contribution in [0.15, 0.2) is 46.2 Å². The molecular formula is C15H14N2O5S. The summed E-state index contributed by atoms with van der Waals surface area (Å²) in [6, 6.07) is 8.69. The molecule has 0 radical (unpaired) electrons. The third-order valence-electron chi connectivity index (χ3n) is 3.40. The fourth-order valence-electron chi connectivity index (χ4n) is 2.39. The van der Waals surface area contributed by atoms with Crippen LogP contribution in [0.2, 0.25) is 0 Å². The van der Waals surface area contributed by atoms with E-state index in [4.69, 9.17) is 4.42 Å². The van der Waals surface area contributed by atoms with Crippen LogP contribution in [0.4, 0.5) is 0 Å². The van der Waals surface area contributed by atoms with Gasteiger partial charge in [-0.1, -0.05) is 12.1 Å². The van der Waals surface area contributed by atoms with Gasteiger partial charge in [-0.2, -0.15) is 0 Å². The number of sulfone groups is 1. The van der Waals surface area contributed by atoms with Gasteiger partial charge in [-0.25, -0.2) is 18.2 Å². The average Bonchev–Trinajstić information content (AvgIpc) is 3.12. The molecule has 3 rings (SSSR count). The van der Waals surface area contributed by atoms with Gasteiger partial charge in [-0.3, -0.25) is 0 Å². The van der Waals surface area contributed by atoms with Crippen LogP contribution < -0.4 is 0 Å². The molecular weight excluding hydrogens is 320 g/mol. The summed E-state index contributed by atoms with van der Waals surface area (Å²) in [6.45, 7) is 0.129. The molecule has 23 heavy (non-hydrogen) atoms. The number of nitrogens with zero attached hydrogens (tertiary/aromatic N) is 2. The minimum atomic E-state index is -3.53. The summed E-state index contributed by atoms with van der Waals surface area (Å²) < 4.78 is 35.4. The lowest BCUT2D eigenvalue weighted by Crippen LogP contribution is -2.12. The first-order valence-electron chi connectivity index (χ1n) is 6.72. The molecule has 3 aromatic rings. The smallest absolute Gasteiger partial charge is 0.374 e. The third kappa shape index (κ3) is 2.72. The summed E-state index contributed by atoms with van der Waals surface area (Å²) in [5, 5.41) is -0.0595. The molecule has 0 bridgehead atoms. The monoisotopic (exact) mass is 334 g/mol. The highest BCUT2D eigenvalue weighted by molar-refractivity contribution is 7.90. The highest BCUT2D eigenvalue weighted by Crippen LogP contribution is 2.23. The molecule has 7 nitrogen and oxygen atoms in total. The van der Waals surface area contributed by atoms with E-state index in [-0.39, 0.29) is 17.5 Å². The summed E-state index contributed by atoms with van der Waals surface area (Å²) in [5.74, 6) is -0.569. The second-order valence-corrected chi connectivity index (χ2v) is 6.92. The minimum absolute atomic E-state index is 0.0460. The van der Waals surface area contributed by atoms with Crippen molar-refractivity contribution in [1.82, 2.24) is 9.55 Å². The van der Waals surface area contributed by atoms with Crippen LogP contribution in [-0.2, 0) is 21.1 Å². The molecule has 0 amide bonds. The zero-order valence-electron chi connectivity index (χ0n) is 12.5. The largest absolute Gasteiger partial charge is 0.463 e. The molecule has 0 N–H and O–H groups in total. The number of furan rings is 1. The number of rotatable bonds is 4. The second kappa shape index (κ2) is 5.54. The van der Waals surface area contributed by atoms with Crippen LogP contribution >= 0.6 is 0 Å². The minimum Gasteiger partial charge on any atom is -0.463 e. The Balaban J connectivity index is 2.17. The first kappa shape index (κ1) is 15.3. The van der Waals surface area contributed by atoms with E-state index in [2.05, 4.69) is 9.72 Å². The molecule has 120 valence electrons. The fourth-order valence-corrected chi connectivity index (χ4v) is 3.22. The Morgan fingerprint density at radius 3 is 2.74 bits per heavy atom. The summed E-state index contributed by atoms with van der Waals surface area (Å²) in [6.07, 6.45) is 2.46. The van der Waals surface area contributed by atoms with Crippen molar-refractivity contribution >= 4 is 26.8 Å². The Bertz CT molecular complexity index is 984. The number of methoxy groups -OCH3 is 1. The molecule has 0 aliphatic heterocycles. The second-order valence-electron chi connectivity index (χ2n) is 5.01. The maximum absolute atomic E-state index is 12.0. The van der Waals surface area contributed by atoms with E-state index in [1.807, 2.05) is 0 Å². The quantitative estimate of drug-likeness (QED) is 0.676. The van der Waals surface area contributed by atoms with Crippen LogP contribution in [0.25, 0.3) is 11.0 Å². The third-order valence-corrected chi connectivity index (χ3v) is 4.37. The normalized spacial score (nSPS) is 11.7. The van der Waals surface area contributed by atoms with Crippen LogP contribution in [0.5, 0.6) is 0 Å². The van der Waals surface area contributed by atoms with Gasteiger partial charge in [0.2, 0.25) is 20.8 Å². The molecule has 1 aromatic carbocycles. The van der Waals surface area contributed by atoms with Crippen molar-refractivity contribution in [3.05, 3.63) is 47.9 Å². The van der Waals surface area contributed by atoms with E-state index in [0.717, 1.165) is 6.26 Å². The maximum atomic E-state index is 12.0. The van der Waals surface area contributed by atoms with Gasteiger partial charge in [-0.05, 0) is 18.2 Å². The summed E-state index contributed by atoms with van der Waals surface area (Å²) in [5.41, 5.74) is 1.74. The Kier molecular flexibility index (Phi) is 3.69.